The number of rotatable bonds is 7. The maximum Gasteiger partial charge on any atom is 0.306 e. The highest BCUT2D eigenvalue weighted by Crippen LogP contribution is 2.26. The largest absolute Gasteiger partial charge is 0.460 e. The lowest BCUT2D eigenvalue weighted by atomic mass is 10.1. The molecule has 0 amide bonds. The summed E-state index contributed by atoms with van der Waals surface area (Å²) in [4.78, 5) is 45.6. The number of carbonyl (C=O) groups is 2. The molecule has 2 aromatic heterocycles. The van der Waals surface area contributed by atoms with Gasteiger partial charge in [0.25, 0.3) is 5.56 Å². The van der Waals surface area contributed by atoms with Gasteiger partial charge < -0.3 is 9.47 Å². The van der Waals surface area contributed by atoms with Crippen molar-refractivity contribution < 1.29 is 19.1 Å². The van der Waals surface area contributed by atoms with Crippen LogP contribution in [0.1, 0.15) is 59.3 Å². The molecular weight excluding hydrogens is 402 g/mol. The van der Waals surface area contributed by atoms with Crippen molar-refractivity contribution in [2.45, 2.75) is 70.0 Å². The Hall–Kier alpha value is -1.94. The second-order valence-corrected chi connectivity index (χ2v) is 9.33. The summed E-state index contributed by atoms with van der Waals surface area (Å²) in [5.41, 5.74) is -0.585. The highest BCUT2D eigenvalue weighted by Gasteiger charge is 2.22. The Labute approximate surface area is 171 Å². The number of esters is 2. The van der Waals surface area contributed by atoms with Gasteiger partial charge >= 0.3 is 11.9 Å². The molecule has 2 aromatic rings. The molecule has 0 saturated heterocycles. The van der Waals surface area contributed by atoms with Crippen LogP contribution in [0.15, 0.2) is 9.13 Å². The van der Waals surface area contributed by atoms with E-state index >= 15 is 0 Å². The van der Waals surface area contributed by atoms with Gasteiger partial charge in [0.1, 0.15) is 12.2 Å². The number of thioether (sulfide) groups is 1. The molecule has 1 atom stereocenters. The van der Waals surface area contributed by atoms with Crippen LogP contribution in [0.4, 0.5) is 0 Å². The lowest BCUT2D eigenvalue weighted by molar-refractivity contribution is -0.155. The van der Waals surface area contributed by atoms with Crippen LogP contribution < -0.4 is 5.56 Å². The monoisotopic (exact) mass is 427 g/mol. The normalized spacial score (nSPS) is 12.8. The minimum Gasteiger partial charge on any atom is -0.460 e. The van der Waals surface area contributed by atoms with E-state index in [0.717, 1.165) is 4.34 Å². The molecule has 28 heavy (non-hydrogen) atoms. The molecule has 0 saturated carbocycles. The number of thiazole rings is 1. The third kappa shape index (κ3) is 5.78. The summed E-state index contributed by atoms with van der Waals surface area (Å²) in [7, 11) is 0. The molecule has 0 aromatic carbocycles. The topological polar surface area (TPSA) is 100 Å². The first-order valence-corrected chi connectivity index (χ1v) is 10.9. The first-order chi connectivity index (χ1) is 13.0. The van der Waals surface area contributed by atoms with E-state index in [2.05, 4.69) is 9.97 Å². The van der Waals surface area contributed by atoms with Crippen LogP contribution >= 0.6 is 23.1 Å². The van der Waals surface area contributed by atoms with Gasteiger partial charge in [0.2, 0.25) is 0 Å². The third-order valence-electron chi connectivity index (χ3n) is 3.73. The van der Waals surface area contributed by atoms with Gasteiger partial charge in [0.15, 0.2) is 20.5 Å². The summed E-state index contributed by atoms with van der Waals surface area (Å²) < 4.78 is 12.6. The van der Waals surface area contributed by atoms with Crippen molar-refractivity contribution >= 4 is 45.4 Å². The third-order valence-corrected chi connectivity index (χ3v) is 5.66. The molecule has 154 valence electrons. The van der Waals surface area contributed by atoms with E-state index in [4.69, 9.17) is 9.47 Å². The van der Waals surface area contributed by atoms with Gasteiger partial charge in [-0.15, -0.1) is 0 Å². The van der Waals surface area contributed by atoms with Gasteiger partial charge in [0, 0.05) is 19.4 Å². The summed E-state index contributed by atoms with van der Waals surface area (Å²) in [6, 6.07) is -0.345. The molecule has 0 N–H and O–H groups in total. The molecule has 0 radical (unpaired) electrons. The minimum atomic E-state index is -0.563. The zero-order valence-corrected chi connectivity index (χ0v) is 18.5. The first-order valence-electron chi connectivity index (χ1n) is 8.83. The number of carbonyl (C=O) groups excluding carboxylic acids is 2. The predicted molar refractivity (Wildman–Crippen MR) is 109 cm³/mol. The van der Waals surface area contributed by atoms with Crippen molar-refractivity contribution in [1.82, 2.24) is 14.5 Å². The zero-order valence-electron chi connectivity index (χ0n) is 16.9. The van der Waals surface area contributed by atoms with Crippen LogP contribution in [0.5, 0.6) is 0 Å². The quantitative estimate of drug-likeness (QED) is 0.490. The molecule has 0 unspecified atom stereocenters. The standard InChI is InChI=1S/C18H25N3O5S2/c1-10(7-8-13(23)26-18(3,4)5)21-12(9-25-11(2)22)19-15-14(16(21)24)20-17(27-6)28-15/h10H,7-9H2,1-6H3/t10-/m0/s1. The highest BCUT2D eigenvalue weighted by atomic mass is 32.2. The van der Waals surface area contributed by atoms with E-state index in [0.29, 0.717) is 17.1 Å². The number of hydrogen-bond donors (Lipinski definition) is 0. The van der Waals surface area contributed by atoms with Gasteiger partial charge in [-0.25, -0.2) is 9.97 Å². The molecule has 0 aliphatic heterocycles. The molecule has 0 aliphatic rings. The van der Waals surface area contributed by atoms with Gasteiger partial charge in [-0.3, -0.25) is 19.0 Å². The maximum absolute atomic E-state index is 13.0. The van der Waals surface area contributed by atoms with Crippen molar-refractivity contribution in [2.75, 3.05) is 6.26 Å². The van der Waals surface area contributed by atoms with Crippen molar-refractivity contribution in [1.29, 1.82) is 0 Å². The Morgan fingerprint density at radius 3 is 2.54 bits per heavy atom. The van der Waals surface area contributed by atoms with E-state index in [1.807, 2.05) is 13.2 Å². The second kappa shape index (κ2) is 9.04. The van der Waals surface area contributed by atoms with E-state index < -0.39 is 11.6 Å². The molecule has 8 nitrogen and oxygen atoms in total. The smallest absolute Gasteiger partial charge is 0.306 e. The van der Waals surface area contributed by atoms with E-state index in [-0.39, 0.29) is 36.1 Å². The number of aromatic nitrogens is 3. The molecule has 0 spiro atoms. The lowest BCUT2D eigenvalue weighted by Gasteiger charge is -2.21. The summed E-state index contributed by atoms with van der Waals surface area (Å²) >= 11 is 2.75. The minimum absolute atomic E-state index is 0.121. The second-order valence-electron chi connectivity index (χ2n) is 7.30. The number of nitrogens with zero attached hydrogens (tertiary/aromatic N) is 3. The Bertz CT molecular complexity index is 930. The molecule has 10 heteroatoms. The predicted octanol–water partition coefficient (Wildman–Crippen LogP) is 3.32. The number of fused-ring (bicyclic) bond motifs is 1. The van der Waals surface area contributed by atoms with Crippen LogP contribution in [0.25, 0.3) is 10.3 Å². The fraction of sp³-hybridized carbons (Fsp3) is 0.611. The molecule has 0 bridgehead atoms. The molecule has 0 aliphatic carbocycles. The number of ether oxygens (including phenoxy) is 2. The molecule has 0 fully saturated rings. The van der Waals surface area contributed by atoms with E-state index in [1.54, 1.807) is 20.8 Å². The van der Waals surface area contributed by atoms with Gasteiger partial charge in [-0.2, -0.15) is 0 Å². The maximum atomic E-state index is 13.0. The van der Waals surface area contributed by atoms with Crippen molar-refractivity contribution in [3.05, 3.63) is 16.2 Å². The van der Waals surface area contributed by atoms with Crippen LogP contribution in [0, 0.1) is 0 Å². The van der Waals surface area contributed by atoms with Gasteiger partial charge in [0.05, 0.1) is 0 Å². The Morgan fingerprint density at radius 1 is 1.29 bits per heavy atom. The van der Waals surface area contributed by atoms with Crippen LogP contribution in [0.2, 0.25) is 0 Å². The SMILES string of the molecule is CSc1nc2c(=O)n([C@@H](C)CCC(=O)OC(C)(C)C)c(COC(C)=O)nc2s1. The van der Waals surface area contributed by atoms with Crippen LogP contribution in [-0.4, -0.2) is 38.3 Å². The fourth-order valence-corrected chi connectivity index (χ4v) is 4.00. The first kappa shape index (κ1) is 22.4. The number of hydrogen-bond acceptors (Lipinski definition) is 9. The summed E-state index contributed by atoms with van der Waals surface area (Å²) in [5, 5.41) is 0. The van der Waals surface area contributed by atoms with Crippen LogP contribution in [0.3, 0.4) is 0 Å². The fourth-order valence-electron chi connectivity index (χ4n) is 2.57. The van der Waals surface area contributed by atoms with Crippen LogP contribution in [-0.2, 0) is 25.7 Å². The van der Waals surface area contributed by atoms with Crippen molar-refractivity contribution in [3.63, 3.8) is 0 Å². The highest BCUT2D eigenvalue weighted by molar-refractivity contribution is 8.00. The van der Waals surface area contributed by atoms with E-state index in [9.17, 15) is 14.4 Å². The molecular formula is C18H25N3O5S2. The summed E-state index contributed by atoms with van der Waals surface area (Å²) in [5.74, 6) is -0.460. The Balaban J connectivity index is 2.34. The van der Waals surface area contributed by atoms with E-state index in [1.165, 1.54) is 34.6 Å². The van der Waals surface area contributed by atoms with Crippen molar-refractivity contribution in [2.24, 2.45) is 0 Å². The lowest BCUT2D eigenvalue weighted by Crippen LogP contribution is -2.30. The zero-order chi connectivity index (χ0) is 21.1. The summed E-state index contributed by atoms with van der Waals surface area (Å²) in [6.45, 7) is 8.41. The molecule has 2 rings (SSSR count). The Kier molecular flexibility index (Phi) is 7.22. The average molecular weight is 428 g/mol. The average Bonchev–Trinajstić information content (AvgIpc) is 3.00. The van der Waals surface area contributed by atoms with Crippen molar-refractivity contribution in [3.8, 4) is 0 Å². The summed E-state index contributed by atoms with van der Waals surface area (Å²) in [6.07, 6.45) is 2.41. The van der Waals surface area contributed by atoms with Gasteiger partial charge in [-0.1, -0.05) is 23.1 Å². The van der Waals surface area contributed by atoms with Gasteiger partial charge in [-0.05, 0) is 40.4 Å². The Morgan fingerprint density at radius 2 is 1.96 bits per heavy atom. The molecule has 2 heterocycles.